The molecular formula is C20H23NO2. The molecule has 120 valence electrons. The number of rotatable bonds is 5. The van der Waals surface area contributed by atoms with Gasteiger partial charge in [-0.25, -0.2) is 0 Å². The molecule has 3 nitrogen and oxygen atoms in total. The number of hydrogen-bond donors (Lipinski definition) is 1. The van der Waals surface area contributed by atoms with Gasteiger partial charge < -0.3 is 10.0 Å². The van der Waals surface area contributed by atoms with Gasteiger partial charge in [-0.05, 0) is 37.0 Å². The van der Waals surface area contributed by atoms with Gasteiger partial charge in [0.05, 0.1) is 6.61 Å². The number of fused-ring (bicyclic) bond motifs is 1. The monoisotopic (exact) mass is 309 g/mol. The molecule has 0 aliphatic carbocycles. The predicted octanol–water partition coefficient (Wildman–Crippen LogP) is 3.81. The van der Waals surface area contributed by atoms with Crippen LogP contribution in [-0.4, -0.2) is 21.3 Å². The number of carbonyl (C=O) groups is 1. The number of unbranched alkanes of at least 4 members (excludes halogenated alkanes) is 1. The maximum atomic E-state index is 13.2. The molecule has 1 N–H and O–H groups in total. The van der Waals surface area contributed by atoms with E-state index in [1.807, 2.05) is 55.6 Å². The van der Waals surface area contributed by atoms with E-state index in [-0.39, 0.29) is 12.4 Å². The van der Waals surface area contributed by atoms with Crippen LogP contribution in [0.3, 0.4) is 0 Å². The summed E-state index contributed by atoms with van der Waals surface area (Å²) in [5, 5.41) is 9.22. The second-order valence-corrected chi connectivity index (χ2v) is 6.33. The Kier molecular flexibility index (Phi) is 4.22. The third-order valence-corrected chi connectivity index (χ3v) is 4.73. The Hall–Kier alpha value is -2.13. The van der Waals surface area contributed by atoms with Gasteiger partial charge in [-0.15, -0.1) is 0 Å². The lowest BCUT2D eigenvalue weighted by Crippen LogP contribution is -2.43. The van der Waals surface area contributed by atoms with Gasteiger partial charge in [0.1, 0.15) is 5.54 Å². The number of allylic oxidation sites excluding steroid dienone is 3. The smallest absolute Gasteiger partial charge is 0.194 e. The van der Waals surface area contributed by atoms with Crippen molar-refractivity contribution in [3.8, 4) is 0 Å². The van der Waals surface area contributed by atoms with E-state index in [1.54, 1.807) is 0 Å². The van der Waals surface area contributed by atoms with Gasteiger partial charge >= 0.3 is 0 Å². The Labute approximate surface area is 137 Å². The summed E-state index contributed by atoms with van der Waals surface area (Å²) in [7, 11) is 0. The highest BCUT2D eigenvalue weighted by atomic mass is 16.3. The highest BCUT2D eigenvalue weighted by molar-refractivity contribution is 6.28. The Morgan fingerprint density at radius 2 is 1.91 bits per heavy atom. The minimum absolute atomic E-state index is 0.0191. The normalized spacial score (nSPS) is 22.9. The lowest BCUT2D eigenvalue weighted by atomic mass is 9.89. The van der Waals surface area contributed by atoms with Crippen molar-refractivity contribution in [2.75, 3.05) is 0 Å². The van der Waals surface area contributed by atoms with Crippen molar-refractivity contribution >= 4 is 11.4 Å². The Balaban J connectivity index is 2.09. The summed E-state index contributed by atoms with van der Waals surface area (Å²) in [6.07, 6.45) is 11.0. The van der Waals surface area contributed by atoms with Crippen molar-refractivity contribution in [3.63, 3.8) is 0 Å². The summed E-state index contributed by atoms with van der Waals surface area (Å²) in [4.78, 5) is 15.3. The van der Waals surface area contributed by atoms with Crippen LogP contribution in [0.25, 0.3) is 5.57 Å². The number of Topliss-reactive ketones (excluding diaryl/α,β-unsaturated/α-hetero) is 1. The van der Waals surface area contributed by atoms with Crippen molar-refractivity contribution in [1.29, 1.82) is 0 Å². The van der Waals surface area contributed by atoms with Crippen LogP contribution in [0.15, 0.2) is 54.4 Å². The third kappa shape index (κ3) is 2.55. The van der Waals surface area contributed by atoms with Crippen molar-refractivity contribution in [2.45, 2.75) is 45.3 Å². The summed E-state index contributed by atoms with van der Waals surface area (Å²) in [6.45, 7) is 4.17. The molecule has 2 aliphatic rings. The van der Waals surface area contributed by atoms with Crippen LogP contribution in [0.5, 0.6) is 0 Å². The number of benzene rings is 1. The molecule has 0 aromatic heterocycles. The summed E-state index contributed by atoms with van der Waals surface area (Å²) in [5.74, 6) is 0.154. The number of aliphatic hydroxyl groups excluding tert-OH is 1. The average molecular weight is 309 g/mol. The molecule has 3 rings (SSSR count). The van der Waals surface area contributed by atoms with E-state index in [0.29, 0.717) is 0 Å². The fraction of sp³-hybridized carbons (Fsp3) is 0.350. The summed E-state index contributed by atoms with van der Waals surface area (Å²) in [6, 6.07) is 7.66. The van der Waals surface area contributed by atoms with Gasteiger partial charge in [-0.3, -0.25) is 4.79 Å². The van der Waals surface area contributed by atoms with Gasteiger partial charge in [0, 0.05) is 17.5 Å². The molecular weight excluding hydrogens is 286 g/mol. The largest absolute Gasteiger partial charge is 0.392 e. The molecule has 3 heteroatoms. The minimum atomic E-state index is -0.608. The quantitative estimate of drug-likeness (QED) is 0.899. The van der Waals surface area contributed by atoms with Gasteiger partial charge in [-0.1, -0.05) is 49.8 Å². The van der Waals surface area contributed by atoms with E-state index < -0.39 is 5.54 Å². The van der Waals surface area contributed by atoms with E-state index >= 15 is 0 Å². The van der Waals surface area contributed by atoms with Crippen molar-refractivity contribution < 1.29 is 9.90 Å². The first-order valence-electron chi connectivity index (χ1n) is 8.25. The molecule has 1 unspecified atom stereocenters. The summed E-state index contributed by atoms with van der Waals surface area (Å²) < 4.78 is 0. The van der Waals surface area contributed by atoms with E-state index in [2.05, 4.69) is 11.8 Å². The topological polar surface area (TPSA) is 40.5 Å². The van der Waals surface area contributed by atoms with Crippen LogP contribution in [-0.2, 0) is 11.4 Å². The summed E-state index contributed by atoms with van der Waals surface area (Å²) in [5.41, 5.74) is 3.12. The van der Waals surface area contributed by atoms with E-state index in [4.69, 9.17) is 0 Å². The molecule has 2 aliphatic heterocycles. The first-order valence-corrected chi connectivity index (χ1v) is 8.25. The highest BCUT2D eigenvalue weighted by Gasteiger charge is 2.47. The fourth-order valence-electron chi connectivity index (χ4n) is 3.34. The molecule has 0 saturated heterocycles. The van der Waals surface area contributed by atoms with E-state index in [9.17, 15) is 9.90 Å². The second kappa shape index (κ2) is 6.17. The van der Waals surface area contributed by atoms with Crippen LogP contribution in [0, 0.1) is 0 Å². The minimum Gasteiger partial charge on any atom is -0.392 e. The zero-order chi connectivity index (χ0) is 16.4. The van der Waals surface area contributed by atoms with Gasteiger partial charge in [-0.2, -0.15) is 0 Å². The molecule has 1 atom stereocenters. The number of nitrogens with zero attached hydrogens (tertiary/aromatic N) is 1. The molecule has 0 amide bonds. The fourth-order valence-corrected chi connectivity index (χ4v) is 3.34. The first kappa shape index (κ1) is 15.8. The van der Waals surface area contributed by atoms with Gasteiger partial charge in [0.2, 0.25) is 0 Å². The second-order valence-electron chi connectivity index (χ2n) is 6.33. The van der Waals surface area contributed by atoms with Crippen LogP contribution in [0.1, 0.15) is 44.2 Å². The first-order chi connectivity index (χ1) is 11.1. The van der Waals surface area contributed by atoms with Crippen LogP contribution < -0.4 is 0 Å². The lowest BCUT2D eigenvalue weighted by molar-refractivity contribution is -0.118. The zero-order valence-electron chi connectivity index (χ0n) is 13.7. The molecule has 0 spiro atoms. The number of carbonyl (C=O) groups excluding carboxylic acids is 1. The third-order valence-electron chi connectivity index (χ3n) is 4.73. The van der Waals surface area contributed by atoms with Gasteiger partial charge in [0.25, 0.3) is 0 Å². The molecule has 23 heavy (non-hydrogen) atoms. The molecule has 0 saturated carbocycles. The zero-order valence-corrected chi connectivity index (χ0v) is 13.7. The SMILES string of the molecule is CCCCC1=C(c2ccc(CO)cc2)C(=O)C2(C)C=CC=CN12. The lowest BCUT2D eigenvalue weighted by Gasteiger charge is -2.34. The molecule has 1 aromatic carbocycles. The van der Waals surface area contributed by atoms with E-state index in [0.717, 1.165) is 41.7 Å². The van der Waals surface area contributed by atoms with Crippen molar-refractivity contribution in [3.05, 3.63) is 65.5 Å². The standard InChI is InChI=1S/C20H23NO2/c1-3-4-7-17-18(16-10-8-15(14-22)9-11-16)19(23)20(2)12-5-6-13-21(17)20/h5-6,8-13,22H,3-4,7,14H2,1-2H3. The maximum absolute atomic E-state index is 13.2. The van der Waals surface area contributed by atoms with Crippen LogP contribution in [0.4, 0.5) is 0 Å². The Bertz CT molecular complexity index is 697. The number of ketones is 1. The molecule has 0 bridgehead atoms. The average Bonchev–Trinajstić information content (AvgIpc) is 2.81. The molecule has 1 aromatic rings. The predicted molar refractivity (Wildman–Crippen MR) is 92.3 cm³/mol. The number of hydrogen-bond acceptors (Lipinski definition) is 3. The van der Waals surface area contributed by atoms with Crippen LogP contribution >= 0.6 is 0 Å². The van der Waals surface area contributed by atoms with E-state index in [1.165, 1.54) is 0 Å². The van der Waals surface area contributed by atoms with Crippen molar-refractivity contribution in [1.82, 2.24) is 4.90 Å². The Morgan fingerprint density at radius 1 is 1.17 bits per heavy atom. The maximum Gasteiger partial charge on any atom is 0.194 e. The van der Waals surface area contributed by atoms with Crippen molar-refractivity contribution in [2.24, 2.45) is 0 Å². The molecule has 0 radical (unpaired) electrons. The van der Waals surface area contributed by atoms with Gasteiger partial charge in [0.15, 0.2) is 5.78 Å². The Morgan fingerprint density at radius 3 is 2.57 bits per heavy atom. The van der Waals surface area contributed by atoms with Crippen LogP contribution in [0.2, 0.25) is 0 Å². The molecule has 2 heterocycles. The molecule has 0 fully saturated rings. The number of aliphatic hydroxyl groups is 1. The highest BCUT2D eigenvalue weighted by Crippen LogP contribution is 2.43. The summed E-state index contributed by atoms with van der Waals surface area (Å²) >= 11 is 0.